The van der Waals surface area contributed by atoms with Gasteiger partial charge in [0.15, 0.2) is 0 Å². The van der Waals surface area contributed by atoms with Crippen LogP contribution in [-0.4, -0.2) is 41.9 Å². The molecule has 0 spiro atoms. The molecule has 0 radical (unpaired) electrons. The number of hydrogen-bond acceptors (Lipinski definition) is 1. The van der Waals surface area contributed by atoms with Crippen LogP contribution in [0.3, 0.4) is 0 Å². The zero-order chi connectivity index (χ0) is 8.20. The molecule has 0 aliphatic heterocycles. The summed E-state index contributed by atoms with van der Waals surface area (Å²) >= 11 is 1.31. The minimum Gasteiger partial charge on any atom is -0.482 e. The summed E-state index contributed by atoms with van der Waals surface area (Å²) in [4.78, 5) is 0. The number of nitrogens with zero attached hydrogens (tertiary/aromatic N) is 1. The lowest BCUT2D eigenvalue weighted by atomic mass is 10.1. The Bertz CT molecular complexity index is 89.6. The third-order valence-electron chi connectivity index (χ3n) is 2.41. The molecule has 58 valence electrons. The van der Waals surface area contributed by atoms with E-state index in [0.29, 0.717) is 4.28 Å². The van der Waals surface area contributed by atoms with Gasteiger partial charge < -0.3 is 2.87 Å². The van der Waals surface area contributed by atoms with Crippen LogP contribution in [0, 0.1) is 0 Å². The van der Waals surface area contributed by atoms with Gasteiger partial charge >= 0.3 is 15.4 Å². The third kappa shape index (κ3) is 4.02. The van der Waals surface area contributed by atoms with E-state index in [4.69, 9.17) is 0 Å². The molecule has 0 aliphatic carbocycles. The van der Waals surface area contributed by atoms with E-state index >= 15 is 0 Å². The standard InChI is InChI=1S/C6H13.CH3N.2Al.3H/c1-4-6(3)5-2;1-2;;;;;/h4-5H2,1-3H3;1H3;;;;;. The maximum absolute atomic E-state index is 2.55. The molecule has 0 aliphatic rings. The molecule has 0 rings (SSSR count). The molecule has 0 saturated heterocycles. The molecular formula is C7H19Al2N. The molecule has 0 saturated carbocycles. The molecule has 0 unspecified atom stereocenters. The average Bonchev–Trinajstić information content (AvgIpc) is 1.87. The normalized spacial score (nSPS) is 12.1. The predicted octanol–water partition coefficient (Wildman–Crippen LogP) is 0.816. The van der Waals surface area contributed by atoms with Gasteiger partial charge in [-0.15, -0.1) is 0 Å². The fourth-order valence-corrected chi connectivity index (χ4v) is 5.50. The van der Waals surface area contributed by atoms with Gasteiger partial charge in [0, 0.05) is 0 Å². The SMILES string of the molecule is CC[C](C)(CC)[AlH][N](C)[AlH2]. The lowest BCUT2D eigenvalue weighted by Crippen LogP contribution is -2.30. The van der Waals surface area contributed by atoms with Gasteiger partial charge in [-0.25, -0.2) is 0 Å². The highest BCUT2D eigenvalue weighted by atomic mass is 27.2. The lowest BCUT2D eigenvalue weighted by molar-refractivity contribution is 0.540. The fourth-order valence-electron chi connectivity index (χ4n) is 1.24. The summed E-state index contributed by atoms with van der Waals surface area (Å²) in [6.45, 7) is 7.08. The second-order valence-electron chi connectivity index (χ2n) is 3.76. The monoisotopic (exact) mass is 171 g/mol. The quantitative estimate of drug-likeness (QED) is 0.566. The van der Waals surface area contributed by atoms with Crippen molar-refractivity contribution in [1.29, 1.82) is 0 Å². The first-order valence-corrected chi connectivity index (χ1v) is 6.42. The van der Waals surface area contributed by atoms with Gasteiger partial charge in [-0.1, -0.05) is 44.9 Å². The van der Waals surface area contributed by atoms with Gasteiger partial charge in [-0.2, -0.15) is 0 Å². The Kier molecular flexibility index (Phi) is 5.31. The van der Waals surface area contributed by atoms with Gasteiger partial charge in [-0.05, 0) is 0 Å². The maximum Gasteiger partial charge on any atom is 0.330 e. The van der Waals surface area contributed by atoms with Crippen LogP contribution in [-0.2, 0) is 0 Å². The Balaban J connectivity index is 3.80. The van der Waals surface area contributed by atoms with Crippen molar-refractivity contribution in [1.82, 2.24) is 2.87 Å². The number of rotatable bonds is 4. The predicted molar refractivity (Wildman–Crippen MR) is 52.4 cm³/mol. The van der Waals surface area contributed by atoms with Crippen LogP contribution in [0.5, 0.6) is 0 Å². The number of hydrogen-bond donors (Lipinski definition) is 0. The van der Waals surface area contributed by atoms with Crippen LogP contribution in [0.2, 0.25) is 4.28 Å². The Morgan fingerprint density at radius 1 is 1.40 bits per heavy atom. The smallest absolute Gasteiger partial charge is 0.330 e. The van der Waals surface area contributed by atoms with Crippen LogP contribution in [0.4, 0.5) is 0 Å². The summed E-state index contributed by atoms with van der Waals surface area (Å²) in [5.74, 6) is 0. The van der Waals surface area contributed by atoms with Crippen LogP contribution in [0.25, 0.3) is 0 Å². The molecule has 0 atom stereocenters. The van der Waals surface area contributed by atoms with E-state index in [1.54, 1.807) is 0 Å². The summed E-state index contributed by atoms with van der Waals surface area (Å²) < 4.78 is 3.25. The van der Waals surface area contributed by atoms with Crippen LogP contribution in [0.1, 0.15) is 33.6 Å². The summed E-state index contributed by atoms with van der Waals surface area (Å²) in [5, 5.41) is 0. The van der Waals surface area contributed by atoms with Crippen LogP contribution in [0.15, 0.2) is 0 Å². The zero-order valence-electron chi connectivity index (χ0n) is 8.07. The first-order valence-electron chi connectivity index (χ1n) is 4.19. The molecule has 0 aromatic rings. The van der Waals surface area contributed by atoms with Crippen molar-refractivity contribution in [3.05, 3.63) is 0 Å². The molecule has 0 bridgehead atoms. The van der Waals surface area contributed by atoms with Crippen LogP contribution < -0.4 is 0 Å². The maximum atomic E-state index is 2.55. The van der Waals surface area contributed by atoms with Crippen LogP contribution >= 0.6 is 0 Å². The largest absolute Gasteiger partial charge is 0.482 e. The second kappa shape index (κ2) is 4.81. The van der Waals surface area contributed by atoms with Gasteiger partial charge in [0.05, 0.1) is 0 Å². The van der Waals surface area contributed by atoms with Gasteiger partial charge in [0.1, 0.15) is 0 Å². The first-order chi connectivity index (χ1) is 4.54. The van der Waals surface area contributed by atoms with Crippen molar-refractivity contribution in [3.63, 3.8) is 0 Å². The topological polar surface area (TPSA) is 3.24 Å². The summed E-state index contributed by atoms with van der Waals surface area (Å²) in [6.07, 6.45) is 2.73. The fraction of sp³-hybridized carbons (Fsp3) is 1.00. The summed E-state index contributed by atoms with van der Waals surface area (Å²) in [5.41, 5.74) is 0. The zero-order valence-corrected chi connectivity index (χ0v) is 11.5. The molecular weight excluding hydrogens is 152 g/mol. The van der Waals surface area contributed by atoms with Crippen molar-refractivity contribution in [2.75, 3.05) is 7.05 Å². The second-order valence-corrected chi connectivity index (χ2v) is 9.84. The Labute approximate surface area is 79.7 Å². The van der Waals surface area contributed by atoms with Gasteiger partial charge in [-0.3, -0.25) is 0 Å². The van der Waals surface area contributed by atoms with Crippen molar-refractivity contribution >= 4 is 32.0 Å². The third-order valence-corrected chi connectivity index (χ3v) is 5.75. The first kappa shape index (κ1) is 11.0. The molecule has 0 amide bonds. The van der Waals surface area contributed by atoms with E-state index in [-0.39, 0.29) is 15.4 Å². The van der Waals surface area contributed by atoms with Crippen molar-refractivity contribution in [2.45, 2.75) is 37.9 Å². The Morgan fingerprint density at radius 3 is 1.90 bits per heavy atom. The van der Waals surface area contributed by atoms with Crippen molar-refractivity contribution in [2.24, 2.45) is 0 Å². The lowest BCUT2D eigenvalue weighted by Gasteiger charge is -2.28. The van der Waals surface area contributed by atoms with E-state index in [0.717, 1.165) is 0 Å². The van der Waals surface area contributed by atoms with Crippen molar-refractivity contribution in [3.8, 4) is 0 Å². The molecule has 0 N–H and O–H groups in total. The molecule has 0 aromatic carbocycles. The minimum absolute atomic E-state index is 0.0586. The summed E-state index contributed by atoms with van der Waals surface area (Å²) in [7, 11) is 2.27. The highest BCUT2D eigenvalue weighted by molar-refractivity contribution is 6.44. The van der Waals surface area contributed by atoms with E-state index in [1.807, 2.05) is 0 Å². The minimum atomic E-state index is 0.0586. The molecule has 1 nitrogen and oxygen atoms in total. The van der Waals surface area contributed by atoms with E-state index in [1.165, 1.54) is 29.4 Å². The van der Waals surface area contributed by atoms with E-state index in [2.05, 4.69) is 30.7 Å². The van der Waals surface area contributed by atoms with Gasteiger partial charge in [0.2, 0.25) is 0 Å². The average molecular weight is 171 g/mol. The molecule has 0 aromatic heterocycles. The van der Waals surface area contributed by atoms with Crippen molar-refractivity contribution < 1.29 is 0 Å². The van der Waals surface area contributed by atoms with E-state index in [9.17, 15) is 0 Å². The molecule has 0 fully saturated rings. The Morgan fingerprint density at radius 2 is 1.80 bits per heavy atom. The highest BCUT2D eigenvalue weighted by Gasteiger charge is 2.22. The Hall–Kier alpha value is 1.02. The summed E-state index contributed by atoms with van der Waals surface area (Å²) in [6, 6.07) is 0. The molecule has 3 heteroatoms. The molecule has 10 heavy (non-hydrogen) atoms. The van der Waals surface area contributed by atoms with E-state index < -0.39 is 0 Å². The molecule has 0 heterocycles. The highest BCUT2D eigenvalue weighted by Crippen LogP contribution is 2.32. The van der Waals surface area contributed by atoms with Gasteiger partial charge in [0.25, 0.3) is 16.5 Å².